The summed E-state index contributed by atoms with van der Waals surface area (Å²) in [6, 6.07) is 0. The van der Waals surface area contributed by atoms with E-state index in [2.05, 4.69) is 22.1 Å². The summed E-state index contributed by atoms with van der Waals surface area (Å²) in [5, 5.41) is 16.3. The van der Waals surface area contributed by atoms with Gasteiger partial charge in [0.05, 0.1) is 6.42 Å². The zero-order chi connectivity index (χ0) is 13.7. The van der Waals surface area contributed by atoms with Crippen LogP contribution in [0.2, 0.25) is 0 Å². The van der Waals surface area contributed by atoms with Crippen LogP contribution in [0.1, 0.15) is 63.5 Å². The molecule has 0 aromatic carbocycles. The Morgan fingerprint density at radius 3 is 2.74 bits per heavy atom. The summed E-state index contributed by atoms with van der Waals surface area (Å²) < 4.78 is 0. The second kappa shape index (κ2) is 6.17. The van der Waals surface area contributed by atoms with Gasteiger partial charge in [0.1, 0.15) is 5.82 Å². The number of aromatic amines is 1. The van der Waals surface area contributed by atoms with Crippen LogP contribution in [0.5, 0.6) is 0 Å². The van der Waals surface area contributed by atoms with Gasteiger partial charge in [0.25, 0.3) is 0 Å². The predicted octanol–water partition coefficient (Wildman–Crippen LogP) is 2.72. The lowest BCUT2D eigenvalue weighted by molar-refractivity contribution is -0.140. The zero-order valence-corrected chi connectivity index (χ0v) is 11.6. The second-order valence-electron chi connectivity index (χ2n) is 5.76. The topological polar surface area (TPSA) is 78.9 Å². The molecular formula is C14H23N3O2. The molecule has 1 aromatic heterocycles. The van der Waals surface area contributed by atoms with Gasteiger partial charge in [0.15, 0.2) is 5.82 Å². The van der Waals surface area contributed by atoms with E-state index in [1.165, 1.54) is 6.42 Å². The van der Waals surface area contributed by atoms with E-state index in [4.69, 9.17) is 5.11 Å². The van der Waals surface area contributed by atoms with Crippen LogP contribution in [0.3, 0.4) is 0 Å². The minimum absolute atomic E-state index is 0.118. The predicted molar refractivity (Wildman–Crippen MR) is 71.9 cm³/mol. The number of rotatable bonds is 6. The van der Waals surface area contributed by atoms with Crippen molar-refractivity contribution in [3.8, 4) is 0 Å². The third-order valence-electron chi connectivity index (χ3n) is 4.03. The molecule has 2 N–H and O–H groups in total. The van der Waals surface area contributed by atoms with Crippen LogP contribution in [-0.4, -0.2) is 26.3 Å². The van der Waals surface area contributed by atoms with Crippen LogP contribution < -0.4 is 0 Å². The Labute approximate surface area is 113 Å². The molecular weight excluding hydrogens is 242 g/mol. The van der Waals surface area contributed by atoms with Crippen LogP contribution in [0.25, 0.3) is 0 Å². The van der Waals surface area contributed by atoms with Crippen LogP contribution in [-0.2, 0) is 17.6 Å². The van der Waals surface area contributed by atoms with E-state index in [1.807, 2.05) is 0 Å². The van der Waals surface area contributed by atoms with Gasteiger partial charge in [-0.2, -0.15) is 5.10 Å². The first-order chi connectivity index (χ1) is 9.13. The molecule has 1 aliphatic rings. The number of nitrogens with zero attached hydrogens (tertiary/aromatic N) is 2. The molecule has 1 heterocycles. The lowest BCUT2D eigenvalue weighted by Crippen LogP contribution is -2.30. The molecule has 0 bridgehead atoms. The summed E-state index contributed by atoms with van der Waals surface area (Å²) >= 11 is 0. The van der Waals surface area contributed by atoms with Gasteiger partial charge < -0.3 is 5.11 Å². The van der Waals surface area contributed by atoms with Gasteiger partial charge in [-0.1, -0.05) is 26.2 Å². The summed E-state index contributed by atoms with van der Waals surface area (Å²) in [5.74, 6) is 1.00. The van der Waals surface area contributed by atoms with Crippen molar-refractivity contribution < 1.29 is 9.90 Å². The Morgan fingerprint density at radius 2 is 2.11 bits per heavy atom. The quantitative estimate of drug-likeness (QED) is 0.829. The van der Waals surface area contributed by atoms with E-state index in [-0.39, 0.29) is 11.8 Å². The maximum absolute atomic E-state index is 11.1. The first-order valence-electron chi connectivity index (χ1n) is 7.25. The Balaban J connectivity index is 2.07. The fourth-order valence-electron chi connectivity index (χ4n) is 3.14. The van der Waals surface area contributed by atoms with Crippen molar-refractivity contribution in [2.24, 2.45) is 5.41 Å². The van der Waals surface area contributed by atoms with Crippen molar-refractivity contribution in [2.75, 3.05) is 0 Å². The number of aromatic nitrogens is 3. The fraction of sp³-hybridized carbons (Fsp3) is 0.786. The number of hydrogen-bond acceptors (Lipinski definition) is 3. The molecule has 0 atom stereocenters. The van der Waals surface area contributed by atoms with Crippen LogP contribution >= 0.6 is 0 Å². The molecule has 0 saturated heterocycles. The lowest BCUT2D eigenvalue weighted by Gasteiger charge is -2.35. The zero-order valence-electron chi connectivity index (χ0n) is 11.6. The number of carboxylic acids is 1. The van der Waals surface area contributed by atoms with E-state index in [0.29, 0.717) is 0 Å². The van der Waals surface area contributed by atoms with Gasteiger partial charge in [0, 0.05) is 12.8 Å². The van der Waals surface area contributed by atoms with Gasteiger partial charge in [-0.3, -0.25) is 9.89 Å². The number of nitrogens with one attached hydrogen (secondary N) is 1. The van der Waals surface area contributed by atoms with E-state index in [9.17, 15) is 4.79 Å². The van der Waals surface area contributed by atoms with Crippen molar-refractivity contribution in [2.45, 2.75) is 64.7 Å². The van der Waals surface area contributed by atoms with Gasteiger partial charge in [0.2, 0.25) is 0 Å². The molecule has 1 saturated carbocycles. The highest BCUT2D eigenvalue weighted by molar-refractivity contribution is 5.67. The van der Waals surface area contributed by atoms with Crippen molar-refractivity contribution in [1.29, 1.82) is 0 Å². The highest BCUT2D eigenvalue weighted by Gasteiger charge is 2.35. The van der Waals surface area contributed by atoms with E-state index >= 15 is 0 Å². The maximum Gasteiger partial charge on any atom is 0.303 e. The van der Waals surface area contributed by atoms with E-state index in [0.717, 1.165) is 56.6 Å². The third-order valence-corrected chi connectivity index (χ3v) is 4.03. The summed E-state index contributed by atoms with van der Waals surface area (Å²) in [6.45, 7) is 2.10. The number of aliphatic carboxylic acids is 1. The highest BCUT2D eigenvalue weighted by Crippen LogP contribution is 2.41. The molecule has 5 nitrogen and oxygen atoms in total. The van der Waals surface area contributed by atoms with Crippen LogP contribution in [0.15, 0.2) is 0 Å². The third kappa shape index (κ3) is 3.78. The summed E-state index contributed by atoms with van der Waals surface area (Å²) in [7, 11) is 0. The molecule has 0 spiro atoms. The van der Waals surface area contributed by atoms with Crippen molar-refractivity contribution in [1.82, 2.24) is 15.2 Å². The number of aryl methyl sites for hydroxylation is 1. The summed E-state index contributed by atoms with van der Waals surface area (Å²) in [5.41, 5.74) is -0.118. The summed E-state index contributed by atoms with van der Waals surface area (Å²) in [4.78, 5) is 15.6. The van der Waals surface area contributed by atoms with Crippen LogP contribution in [0, 0.1) is 5.41 Å². The largest absolute Gasteiger partial charge is 0.481 e. The Hall–Kier alpha value is -1.39. The standard InChI is InChI=1S/C14H23N3O2/c1-2-6-11-15-12(17-16-11)9-14(10-13(18)19)7-4-3-5-8-14/h2-10H2,1H3,(H,18,19)(H,15,16,17). The van der Waals surface area contributed by atoms with Gasteiger partial charge >= 0.3 is 5.97 Å². The van der Waals surface area contributed by atoms with Crippen molar-refractivity contribution in [3.63, 3.8) is 0 Å². The van der Waals surface area contributed by atoms with Gasteiger partial charge in [-0.05, 0) is 24.7 Å². The fourth-order valence-corrected chi connectivity index (χ4v) is 3.14. The number of hydrogen-bond donors (Lipinski definition) is 2. The molecule has 106 valence electrons. The van der Waals surface area contributed by atoms with Crippen molar-refractivity contribution in [3.05, 3.63) is 11.6 Å². The molecule has 1 aromatic rings. The minimum Gasteiger partial charge on any atom is -0.481 e. The average molecular weight is 265 g/mol. The molecule has 0 amide bonds. The molecule has 0 radical (unpaired) electrons. The molecule has 2 rings (SSSR count). The monoisotopic (exact) mass is 265 g/mol. The van der Waals surface area contributed by atoms with Gasteiger partial charge in [-0.15, -0.1) is 0 Å². The molecule has 0 aliphatic heterocycles. The number of carbonyl (C=O) groups is 1. The second-order valence-corrected chi connectivity index (χ2v) is 5.76. The van der Waals surface area contributed by atoms with E-state index < -0.39 is 5.97 Å². The molecule has 1 fully saturated rings. The molecule has 1 aliphatic carbocycles. The maximum atomic E-state index is 11.1. The Morgan fingerprint density at radius 1 is 1.37 bits per heavy atom. The average Bonchev–Trinajstić information content (AvgIpc) is 2.77. The number of H-pyrrole nitrogens is 1. The van der Waals surface area contributed by atoms with Crippen LogP contribution in [0.4, 0.5) is 0 Å². The minimum atomic E-state index is -0.699. The molecule has 0 unspecified atom stereocenters. The summed E-state index contributed by atoms with van der Waals surface area (Å²) in [6.07, 6.45) is 8.32. The lowest BCUT2D eigenvalue weighted by atomic mass is 9.69. The Kier molecular flexibility index (Phi) is 4.56. The number of carboxylic acid groups (broad SMARTS) is 1. The first-order valence-corrected chi connectivity index (χ1v) is 7.25. The molecule has 5 heteroatoms. The van der Waals surface area contributed by atoms with Gasteiger partial charge in [-0.25, -0.2) is 4.98 Å². The highest BCUT2D eigenvalue weighted by atomic mass is 16.4. The Bertz CT molecular complexity index is 422. The smallest absolute Gasteiger partial charge is 0.303 e. The first kappa shape index (κ1) is 14.0. The SMILES string of the molecule is CCCc1n[nH]c(CC2(CC(=O)O)CCCCC2)n1. The normalized spacial score (nSPS) is 18.4. The molecule has 19 heavy (non-hydrogen) atoms. The van der Waals surface area contributed by atoms with Crippen molar-refractivity contribution >= 4 is 5.97 Å². The van der Waals surface area contributed by atoms with E-state index in [1.54, 1.807) is 0 Å².